The van der Waals surface area contributed by atoms with Gasteiger partial charge in [-0.15, -0.1) is 0 Å². The first kappa shape index (κ1) is 16.4. The van der Waals surface area contributed by atoms with Gasteiger partial charge in [-0.05, 0) is 25.5 Å². The number of hydrazone groups is 1. The van der Waals surface area contributed by atoms with Gasteiger partial charge in [0.1, 0.15) is 5.92 Å². The number of carbonyl (C=O) groups is 2. The Morgan fingerprint density at radius 1 is 1.14 bits per heavy atom. The van der Waals surface area contributed by atoms with Gasteiger partial charge < -0.3 is 0 Å². The van der Waals surface area contributed by atoms with Crippen LogP contribution in [0.3, 0.4) is 0 Å². The third-order valence-electron chi connectivity index (χ3n) is 3.98. The van der Waals surface area contributed by atoms with Crippen molar-refractivity contribution in [2.24, 2.45) is 11.0 Å². The summed E-state index contributed by atoms with van der Waals surface area (Å²) in [4.78, 5) is 24.8. The molecule has 0 unspecified atom stereocenters. The van der Waals surface area contributed by atoms with E-state index in [-0.39, 0.29) is 11.7 Å². The van der Waals surface area contributed by atoms with Gasteiger partial charge in [0.25, 0.3) is 5.91 Å². The summed E-state index contributed by atoms with van der Waals surface area (Å²) in [6, 6.07) is 9.25. The Labute approximate surface area is 132 Å². The molecule has 4 heteroatoms. The van der Waals surface area contributed by atoms with Crippen molar-refractivity contribution in [2.75, 3.05) is 5.01 Å². The molecular formula is C18H24N2O2. The fourth-order valence-corrected chi connectivity index (χ4v) is 2.74. The number of rotatable bonds is 8. The van der Waals surface area contributed by atoms with Crippen molar-refractivity contribution in [1.82, 2.24) is 0 Å². The summed E-state index contributed by atoms with van der Waals surface area (Å²) in [6.07, 6.45) is 5.94. The second-order valence-electron chi connectivity index (χ2n) is 5.79. The van der Waals surface area contributed by atoms with E-state index >= 15 is 0 Å². The molecule has 0 spiro atoms. The number of anilines is 1. The summed E-state index contributed by atoms with van der Waals surface area (Å²) >= 11 is 0. The zero-order valence-electron chi connectivity index (χ0n) is 13.4. The molecule has 0 bridgehead atoms. The summed E-state index contributed by atoms with van der Waals surface area (Å²) in [6.45, 7) is 3.93. The summed E-state index contributed by atoms with van der Waals surface area (Å²) in [7, 11) is 0. The zero-order valence-corrected chi connectivity index (χ0v) is 13.4. The van der Waals surface area contributed by atoms with E-state index in [1.807, 2.05) is 30.3 Å². The van der Waals surface area contributed by atoms with Gasteiger partial charge in [0.05, 0.1) is 11.4 Å². The number of nitrogens with zero attached hydrogens (tertiary/aromatic N) is 2. The molecule has 22 heavy (non-hydrogen) atoms. The zero-order chi connectivity index (χ0) is 15.9. The predicted molar refractivity (Wildman–Crippen MR) is 88.9 cm³/mol. The molecule has 0 fully saturated rings. The molecule has 1 aliphatic heterocycles. The Balaban J connectivity index is 1.94. The molecule has 4 nitrogen and oxygen atoms in total. The second-order valence-corrected chi connectivity index (χ2v) is 5.79. The third kappa shape index (κ3) is 3.81. The lowest BCUT2D eigenvalue weighted by molar-refractivity contribution is -0.129. The van der Waals surface area contributed by atoms with Gasteiger partial charge in [0.2, 0.25) is 0 Å². The molecule has 1 heterocycles. The lowest BCUT2D eigenvalue weighted by atomic mass is 9.94. The van der Waals surface area contributed by atoms with E-state index < -0.39 is 5.92 Å². The van der Waals surface area contributed by atoms with Crippen LogP contribution in [0.1, 0.15) is 52.4 Å². The molecule has 1 aliphatic rings. The van der Waals surface area contributed by atoms with Gasteiger partial charge >= 0.3 is 0 Å². The Hall–Kier alpha value is -1.97. The van der Waals surface area contributed by atoms with Crippen molar-refractivity contribution < 1.29 is 9.59 Å². The molecule has 0 N–H and O–H groups in total. The summed E-state index contributed by atoms with van der Waals surface area (Å²) < 4.78 is 0. The first-order valence-electron chi connectivity index (χ1n) is 8.12. The van der Waals surface area contributed by atoms with E-state index in [1.54, 1.807) is 6.92 Å². The number of Topliss-reactive ketones (excluding diaryl/α,β-unsaturated/α-hetero) is 1. The van der Waals surface area contributed by atoms with E-state index in [0.29, 0.717) is 17.8 Å². The Bertz CT molecular complexity index is 551. The van der Waals surface area contributed by atoms with Crippen LogP contribution in [-0.2, 0) is 9.59 Å². The minimum atomic E-state index is -0.689. The number of hydrogen-bond donors (Lipinski definition) is 0. The maximum atomic E-state index is 12.5. The Kier molecular flexibility index (Phi) is 5.87. The van der Waals surface area contributed by atoms with Gasteiger partial charge in [-0.1, -0.05) is 50.8 Å². The first-order valence-corrected chi connectivity index (χ1v) is 8.12. The number of benzene rings is 1. The fraction of sp³-hybridized carbons (Fsp3) is 0.500. The van der Waals surface area contributed by atoms with E-state index in [9.17, 15) is 9.59 Å². The molecule has 1 aromatic rings. The van der Waals surface area contributed by atoms with E-state index in [1.165, 1.54) is 17.9 Å². The van der Waals surface area contributed by atoms with Gasteiger partial charge in [0, 0.05) is 6.42 Å². The highest BCUT2D eigenvalue weighted by Gasteiger charge is 2.38. The van der Waals surface area contributed by atoms with Crippen LogP contribution in [-0.4, -0.2) is 17.4 Å². The van der Waals surface area contributed by atoms with Crippen LogP contribution in [0.4, 0.5) is 5.69 Å². The van der Waals surface area contributed by atoms with Crippen molar-refractivity contribution in [2.45, 2.75) is 52.4 Å². The topological polar surface area (TPSA) is 49.7 Å². The second kappa shape index (κ2) is 7.87. The highest BCUT2D eigenvalue weighted by atomic mass is 16.2. The van der Waals surface area contributed by atoms with Crippen LogP contribution < -0.4 is 5.01 Å². The van der Waals surface area contributed by atoms with Crippen LogP contribution in [0.15, 0.2) is 35.4 Å². The summed E-state index contributed by atoms with van der Waals surface area (Å²) in [5, 5.41) is 5.64. The van der Waals surface area contributed by atoms with Crippen molar-refractivity contribution in [3.63, 3.8) is 0 Å². The Morgan fingerprint density at radius 2 is 1.82 bits per heavy atom. The van der Waals surface area contributed by atoms with E-state index in [2.05, 4.69) is 12.0 Å². The van der Waals surface area contributed by atoms with Crippen molar-refractivity contribution in [1.29, 1.82) is 0 Å². The normalized spacial score (nSPS) is 17.7. The molecule has 1 aromatic carbocycles. The van der Waals surface area contributed by atoms with Crippen LogP contribution >= 0.6 is 0 Å². The summed E-state index contributed by atoms with van der Waals surface area (Å²) in [5.41, 5.74) is 1.32. The minimum absolute atomic E-state index is 0.00109. The smallest absolute Gasteiger partial charge is 0.263 e. The molecule has 0 saturated carbocycles. The van der Waals surface area contributed by atoms with Gasteiger partial charge in [-0.25, -0.2) is 0 Å². The maximum absolute atomic E-state index is 12.5. The van der Waals surface area contributed by atoms with Crippen LogP contribution in [0.25, 0.3) is 0 Å². The summed E-state index contributed by atoms with van der Waals surface area (Å²) in [5.74, 6) is -0.908. The lowest BCUT2D eigenvalue weighted by Crippen LogP contribution is -2.32. The minimum Gasteiger partial charge on any atom is -0.298 e. The molecule has 118 valence electrons. The SMILES string of the molecule is CCCCCCCC(=O)[C@H]1C(=O)N(c2ccccc2)N=C1C. The molecule has 0 saturated heterocycles. The first-order chi connectivity index (χ1) is 10.6. The molecule has 0 radical (unpaired) electrons. The average Bonchev–Trinajstić information content (AvgIpc) is 2.82. The third-order valence-corrected chi connectivity index (χ3v) is 3.98. The fourth-order valence-electron chi connectivity index (χ4n) is 2.74. The van der Waals surface area contributed by atoms with Gasteiger partial charge in [-0.3, -0.25) is 9.59 Å². The van der Waals surface area contributed by atoms with Gasteiger partial charge in [-0.2, -0.15) is 10.1 Å². The predicted octanol–water partition coefficient (Wildman–Crippen LogP) is 3.95. The van der Waals surface area contributed by atoms with Crippen molar-refractivity contribution >= 4 is 23.1 Å². The monoisotopic (exact) mass is 300 g/mol. The molecule has 1 amide bonds. The molecule has 1 atom stereocenters. The van der Waals surface area contributed by atoms with Crippen molar-refractivity contribution in [3.8, 4) is 0 Å². The number of amides is 1. The highest BCUT2D eigenvalue weighted by Crippen LogP contribution is 2.25. The lowest BCUT2D eigenvalue weighted by Gasteiger charge is -2.13. The number of unbranched alkanes of at least 4 members (excludes halogenated alkanes) is 4. The largest absolute Gasteiger partial charge is 0.298 e. The standard InChI is InChI=1S/C18H24N2O2/c1-3-4-5-6-10-13-16(21)17-14(2)19-20(18(17)22)15-11-8-7-9-12-15/h7-9,11-12,17H,3-6,10,13H2,1-2H3/t17-/m0/s1. The van der Waals surface area contributed by atoms with Crippen LogP contribution in [0, 0.1) is 5.92 Å². The van der Waals surface area contributed by atoms with Crippen molar-refractivity contribution in [3.05, 3.63) is 30.3 Å². The Morgan fingerprint density at radius 3 is 2.50 bits per heavy atom. The molecule has 0 aliphatic carbocycles. The van der Waals surface area contributed by atoms with E-state index in [0.717, 1.165) is 19.3 Å². The van der Waals surface area contributed by atoms with Gasteiger partial charge in [0.15, 0.2) is 5.78 Å². The molecular weight excluding hydrogens is 276 g/mol. The maximum Gasteiger partial charge on any atom is 0.263 e. The highest BCUT2D eigenvalue weighted by molar-refractivity contribution is 6.26. The number of carbonyl (C=O) groups excluding carboxylic acids is 2. The quantitative estimate of drug-likeness (QED) is 0.539. The molecule has 2 rings (SSSR count). The van der Waals surface area contributed by atoms with E-state index in [4.69, 9.17) is 0 Å². The number of hydrogen-bond acceptors (Lipinski definition) is 3. The average molecular weight is 300 g/mol. The molecule has 0 aromatic heterocycles. The number of ketones is 1. The number of para-hydroxylation sites is 1. The van der Waals surface area contributed by atoms with Crippen LogP contribution in [0.5, 0.6) is 0 Å². The van der Waals surface area contributed by atoms with Crippen LogP contribution in [0.2, 0.25) is 0 Å².